The van der Waals surface area contributed by atoms with Gasteiger partial charge in [0.15, 0.2) is 12.6 Å². The molecule has 0 saturated carbocycles. The molecule has 0 aromatic carbocycles. The molecular weight excluding hydrogens is 550 g/mol. The van der Waals surface area contributed by atoms with Gasteiger partial charge in [-0.15, -0.1) is 0 Å². The van der Waals surface area contributed by atoms with Crippen molar-refractivity contribution in [3.05, 3.63) is 0 Å². The van der Waals surface area contributed by atoms with E-state index in [0.29, 0.717) is 0 Å². The summed E-state index contributed by atoms with van der Waals surface area (Å²) in [7, 11) is 4.73. The van der Waals surface area contributed by atoms with Crippen LogP contribution in [0, 0.1) is 0 Å². The molecule has 41 heavy (non-hydrogen) atoms. The summed E-state index contributed by atoms with van der Waals surface area (Å²) in [4.78, 5) is 9.44. The average molecular weight is 600 g/mol. The lowest BCUT2D eigenvalue weighted by molar-refractivity contribution is -0.346. The summed E-state index contributed by atoms with van der Waals surface area (Å²) in [6.45, 7) is 3.21. The third-order valence-corrected chi connectivity index (χ3v) is 7.46. The first-order chi connectivity index (χ1) is 19.4. The molecule has 0 bridgehead atoms. The zero-order chi connectivity index (χ0) is 31.0. The molecule has 0 aromatic rings. The number of ether oxygens (including phenoxy) is 5. The number of rotatable bonds is 10. The lowest BCUT2D eigenvalue weighted by Gasteiger charge is -2.50. The molecule has 16 heteroatoms. The van der Waals surface area contributed by atoms with Gasteiger partial charge in [-0.05, 0) is 41.9 Å². The van der Waals surface area contributed by atoms with Gasteiger partial charge < -0.3 is 80.2 Å². The third-order valence-electron chi connectivity index (χ3n) is 7.46. The van der Waals surface area contributed by atoms with Crippen LogP contribution in [0.1, 0.15) is 20.8 Å². The van der Waals surface area contributed by atoms with Gasteiger partial charge >= 0.3 is 0 Å². The van der Waals surface area contributed by atoms with Crippen LogP contribution in [-0.4, -0.2) is 174 Å². The Labute approximate surface area is 239 Å². The Bertz CT molecular complexity index is 781. The molecule has 3 aliphatic heterocycles. The summed E-state index contributed by atoms with van der Waals surface area (Å²) < 4.78 is 29.4. The maximum atomic E-state index is 11.2. The maximum Gasteiger partial charge on any atom is 0.176 e. The summed E-state index contributed by atoms with van der Waals surface area (Å²) in [5.41, 5.74) is 0. The van der Waals surface area contributed by atoms with Crippen molar-refractivity contribution < 1.29 is 64.2 Å². The minimum Gasteiger partial charge on any atom is -0.394 e. The monoisotopic (exact) mass is 599 g/mol. The van der Waals surface area contributed by atoms with Crippen molar-refractivity contribution in [2.75, 3.05) is 41.0 Å². The first kappa shape index (κ1) is 36.3. The molecule has 6 unspecified atom stereocenters. The van der Waals surface area contributed by atoms with Crippen LogP contribution in [0.15, 0.2) is 0 Å². The van der Waals surface area contributed by atoms with Gasteiger partial charge in [-0.3, -0.25) is 0 Å². The standard InChI is InChI=1S/C22H43N3O12.C3H6O/c1-8-12(23-2)17(31)19(10(6-27)33-8)36-22-14(25-4)18(32)20(11(7-28)35-22)37-21-13(24-3)16(30)15(29)9(5-26)34-21;1-3(2)4/h8-32H,5-7H2,1-4H3;1-2H3/t8-,9?,10?,11?,12?,13?,14?,15+,16+,17+,18+,19+,20+,21-,22-;/m0./s1. The number of aliphatic hydroxyl groups is 7. The van der Waals surface area contributed by atoms with E-state index in [1.807, 2.05) is 0 Å². The minimum atomic E-state index is -1.38. The number of aliphatic hydroxyl groups excluding tert-OH is 7. The van der Waals surface area contributed by atoms with Crippen LogP contribution in [0.2, 0.25) is 0 Å². The Balaban J connectivity index is 0.00000138. The van der Waals surface area contributed by atoms with Crippen molar-refractivity contribution in [1.82, 2.24) is 16.0 Å². The molecule has 0 radical (unpaired) electrons. The fourth-order valence-electron chi connectivity index (χ4n) is 5.33. The second-order valence-corrected chi connectivity index (χ2v) is 10.5. The maximum absolute atomic E-state index is 11.2. The summed E-state index contributed by atoms with van der Waals surface area (Å²) in [5.74, 6) is 0.167. The second kappa shape index (κ2) is 16.8. The predicted octanol–water partition coefficient (Wildman–Crippen LogP) is -5.23. The van der Waals surface area contributed by atoms with E-state index < -0.39 is 112 Å². The number of carbonyl (C=O) groups is 1. The van der Waals surface area contributed by atoms with E-state index in [2.05, 4.69) is 16.0 Å². The normalized spacial score (nSPS) is 45.0. The van der Waals surface area contributed by atoms with E-state index in [4.69, 9.17) is 23.7 Å². The Morgan fingerprint density at radius 3 is 1.41 bits per heavy atom. The predicted molar refractivity (Wildman–Crippen MR) is 142 cm³/mol. The fourth-order valence-corrected chi connectivity index (χ4v) is 5.33. The van der Waals surface area contributed by atoms with Crippen LogP contribution < -0.4 is 16.0 Å². The summed E-state index contributed by atoms with van der Waals surface area (Å²) in [6, 6.07) is -2.35. The van der Waals surface area contributed by atoms with E-state index in [9.17, 15) is 40.5 Å². The SMILES string of the molecule is CC(C)=O.CNC1[C@H](O[C@@H]2C(CO)O[C@@H](O[C@@H]3C(CO)O[C@@H](C)C(NC)[C@H]3O)C(NC)[C@H]2O)OC(CO)[C@@H](O)[C@@H]1O. The molecule has 0 aromatic heterocycles. The summed E-state index contributed by atoms with van der Waals surface area (Å²) in [5, 5.41) is 80.9. The number of ketones is 1. The van der Waals surface area contributed by atoms with Crippen molar-refractivity contribution in [3.8, 4) is 0 Å². The number of Topliss-reactive ketones (excluding diaryl/α,β-unsaturated/α-hetero) is 1. The van der Waals surface area contributed by atoms with Crippen LogP contribution in [0.4, 0.5) is 0 Å². The van der Waals surface area contributed by atoms with Gasteiger partial charge in [-0.25, -0.2) is 0 Å². The van der Waals surface area contributed by atoms with E-state index in [1.54, 1.807) is 21.0 Å². The van der Waals surface area contributed by atoms with Crippen LogP contribution in [0.5, 0.6) is 0 Å². The highest BCUT2D eigenvalue weighted by molar-refractivity contribution is 5.72. The van der Waals surface area contributed by atoms with Gasteiger partial charge in [0.25, 0.3) is 0 Å². The van der Waals surface area contributed by atoms with Gasteiger partial charge in [0.1, 0.15) is 60.7 Å². The Morgan fingerprint density at radius 1 is 0.634 bits per heavy atom. The van der Waals surface area contributed by atoms with Gasteiger partial charge in [0, 0.05) is 0 Å². The van der Waals surface area contributed by atoms with Crippen molar-refractivity contribution in [3.63, 3.8) is 0 Å². The van der Waals surface area contributed by atoms with Crippen molar-refractivity contribution in [2.45, 2.75) is 113 Å². The Hall–Kier alpha value is -0.930. The lowest BCUT2D eigenvalue weighted by Crippen LogP contribution is -2.69. The molecule has 0 spiro atoms. The number of hydrogen-bond donors (Lipinski definition) is 10. The smallest absolute Gasteiger partial charge is 0.176 e. The van der Waals surface area contributed by atoms with Crippen LogP contribution in [0.25, 0.3) is 0 Å². The first-order valence-corrected chi connectivity index (χ1v) is 13.7. The van der Waals surface area contributed by atoms with Gasteiger partial charge in [-0.2, -0.15) is 0 Å². The zero-order valence-electron chi connectivity index (χ0n) is 24.4. The molecule has 3 heterocycles. The lowest BCUT2D eigenvalue weighted by atomic mass is 9.92. The number of nitrogens with one attached hydrogen (secondary N) is 3. The highest BCUT2D eigenvalue weighted by atomic mass is 16.7. The van der Waals surface area contributed by atoms with E-state index in [1.165, 1.54) is 20.9 Å². The molecule has 0 aliphatic carbocycles. The summed E-state index contributed by atoms with van der Waals surface area (Å²) >= 11 is 0. The van der Waals surface area contributed by atoms with Gasteiger partial charge in [0.05, 0.1) is 44.1 Å². The van der Waals surface area contributed by atoms with E-state index in [-0.39, 0.29) is 5.78 Å². The highest BCUT2D eigenvalue weighted by Gasteiger charge is 2.53. The van der Waals surface area contributed by atoms with Crippen LogP contribution in [0.3, 0.4) is 0 Å². The van der Waals surface area contributed by atoms with Crippen molar-refractivity contribution >= 4 is 5.78 Å². The molecule has 16 nitrogen and oxygen atoms in total. The van der Waals surface area contributed by atoms with Crippen molar-refractivity contribution in [2.24, 2.45) is 0 Å². The number of hydrogen-bond acceptors (Lipinski definition) is 16. The topological polar surface area (TPSA) is 241 Å². The number of likely N-dealkylation sites (N-methyl/N-ethyl adjacent to an activating group) is 3. The van der Waals surface area contributed by atoms with Crippen molar-refractivity contribution in [1.29, 1.82) is 0 Å². The molecule has 3 fully saturated rings. The quantitative estimate of drug-likeness (QED) is 0.113. The molecule has 10 N–H and O–H groups in total. The molecular formula is C25H49N3O13. The third kappa shape index (κ3) is 8.59. The van der Waals surface area contributed by atoms with Crippen LogP contribution >= 0.6 is 0 Å². The van der Waals surface area contributed by atoms with E-state index >= 15 is 0 Å². The van der Waals surface area contributed by atoms with Gasteiger partial charge in [0.2, 0.25) is 0 Å². The van der Waals surface area contributed by atoms with Crippen LogP contribution in [-0.2, 0) is 28.5 Å². The second-order valence-electron chi connectivity index (χ2n) is 10.5. The first-order valence-electron chi connectivity index (χ1n) is 13.7. The molecule has 15 atom stereocenters. The summed E-state index contributed by atoms with van der Waals surface area (Å²) in [6.07, 6.45) is -13.3. The van der Waals surface area contributed by atoms with Gasteiger partial charge in [-0.1, -0.05) is 0 Å². The molecule has 242 valence electrons. The zero-order valence-corrected chi connectivity index (χ0v) is 24.4. The number of carbonyl (C=O) groups excluding carboxylic acids is 1. The Morgan fingerprint density at radius 2 is 1.00 bits per heavy atom. The minimum absolute atomic E-state index is 0.167. The fraction of sp³-hybridized carbons (Fsp3) is 0.960. The highest BCUT2D eigenvalue weighted by Crippen LogP contribution is 2.32. The molecule has 0 amide bonds. The molecule has 3 rings (SSSR count). The molecule has 3 aliphatic rings. The van der Waals surface area contributed by atoms with E-state index in [0.717, 1.165) is 0 Å². The largest absolute Gasteiger partial charge is 0.394 e. The average Bonchev–Trinajstić information content (AvgIpc) is 2.93. The molecule has 3 saturated heterocycles. The Kier molecular flexibility index (Phi) is 14.9.